The minimum atomic E-state index is -3.11. The highest BCUT2D eigenvalue weighted by Crippen LogP contribution is 2.39. The lowest BCUT2D eigenvalue weighted by atomic mass is 9.88. The third kappa shape index (κ3) is 12.2. The molecular weight excluding hydrogens is 856 g/mol. The lowest BCUT2D eigenvalue weighted by molar-refractivity contribution is -0.391. The molecule has 0 bridgehead atoms. The van der Waals surface area contributed by atoms with Gasteiger partial charge in [0.1, 0.15) is 85.4 Å². The van der Waals surface area contributed by atoms with Crippen molar-refractivity contribution >= 4 is 25.9 Å². The highest BCUT2D eigenvalue weighted by Gasteiger charge is 2.61. The van der Waals surface area contributed by atoms with Gasteiger partial charge in [-0.3, -0.25) is 9.59 Å². The van der Waals surface area contributed by atoms with Crippen LogP contribution in [0.3, 0.4) is 0 Å². The van der Waals surface area contributed by atoms with E-state index in [1.165, 1.54) is 6.92 Å². The molecule has 4 aliphatic heterocycles. The van der Waals surface area contributed by atoms with Crippen molar-refractivity contribution in [3.63, 3.8) is 0 Å². The number of amides is 2. The second-order valence-corrected chi connectivity index (χ2v) is 22.8. The Morgan fingerprint density at radius 2 is 1.31 bits per heavy atom. The minimum absolute atomic E-state index is 0.113. The van der Waals surface area contributed by atoms with Gasteiger partial charge in [-0.05, 0) is 13.0 Å². The number of carbonyl (C=O) groups is 3. The molecule has 4 aliphatic rings. The van der Waals surface area contributed by atoms with Crippen LogP contribution in [0, 0.1) is 0 Å². The SMILES string of the molecule is CC(=O)N[C@H]1[C@H](OCC[Si](C)(C)C)O[C@H](CO)[C@@H](O[C@@H]2O[C@H](CO)[C@H](O)[C@H](O[C@]3(C(=O)O)C[C@H](O)[C@@H](NC(C)=O)[C@H]([C@H](O)[C@H](O)CO)O3)[C@H]2O)[C@@H]1O[C@@H]1O[C@@H](C)[C@@H](O)[C@@H](O)[C@@H]1O. The van der Waals surface area contributed by atoms with Gasteiger partial charge in [-0.2, -0.15) is 0 Å². The molecule has 62 heavy (non-hydrogen) atoms. The van der Waals surface area contributed by atoms with Crippen molar-refractivity contribution in [1.82, 2.24) is 10.6 Å². The molecule has 14 N–H and O–H groups in total. The Morgan fingerprint density at radius 1 is 0.742 bits per heavy atom. The monoisotopic (exact) mass is 920 g/mol. The van der Waals surface area contributed by atoms with Gasteiger partial charge in [0.05, 0.1) is 38.1 Å². The largest absolute Gasteiger partial charge is 0.477 e. The molecule has 4 rings (SSSR count). The average molecular weight is 921 g/mol. The van der Waals surface area contributed by atoms with Crippen LogP contribution in [-0.4, -0.2) is 242 Å². The van der Waals surface area contributed by atoms with Crippen LogP contribution in [0.15, 0.2) is 0 Å². The van der Waals surface area contributed by atoms with E-state index in [1.54, 1.807) is 0 Å². The number of aliphatic hydroxyl groups is 11. The van der Waals surface area contributed by atoms with E-state index in [2.05, 4.69) is 30.3 Å². The highest BCUT2D eigenvalue weighted by atomic mass is 28.3. The first-order valence-electron chi connectivity index (χ1n) is 20.2. The van der Waals surface area contributed by atoms with Crippen LogP contribution in [-0.2, 0) is 52.3 Å². The first-order chi connectivity index (χ1) is 28.9. The molecule has 0 aromatic carbocycles. The Kier molecular flexibility index (Phi) is 18.5. The maximum Gasteiger partial charge on any atom is 0.364 e. The van der Waals surface area contributed by atoms with E-state index in [9.17, 15) is 75.7 Å². The van der Waals surface area contributed by atoms with Crippen LogP contribution >= 0.6 is 0 Å². The standard InChI is InChI=1S/C36H64N2O23Si/c1-13-22(46)25(49)26(50)33(55-13)59-30-21(38-15(3)43)32(54-7-8-62(4,5)6)57-19(12-41)28(30)58-34-27(51)31(24(48)18(11-40)56-34)61-36(35(52)53)9-16(44)20(37-14(2)42)29(60-36)23(47)17(45)10-39/h13,16-34,39-41,44-51H,7-12H2,1-6H3,(H,37,42)(H,38,43)(H,52,53)/t13-,16-,17+,18+,19+,20+,21+,22+,23+,24-,25+,26-,27+,28+,29+,30+,31-,32+,33-,34-,36-/m0/s1. The van der Waals surface area contributed by atoms with Crippen molar-refractivity contribution in [2.24, 2.45) is 0 Å². The average Bonchev–Trinajstić information content (AvgIpc) is 3.19. The first kappa shape index (κ1) is 52.5. The third-order valence-corrected chi connectivity index (χ3v) is 12.8. The number of hydrogen-bond acceptors (Lipinski definition) is 22. The summed E-state index contributed by atoms with van der Waals surface area (Å²) in [6.07, 6.45) is -33.9. The quantitative estimate of drug-likeness (QED) is 0.0568. The van der Waals surface area contributed by atoms with E-state index in [-0.39, 0.29) is 6.61 Å². The van der Waals surface area contributed by atoms with E-state index < -0.39 is 180 Å². The van der Waals surface area contributed by atoms with E-state index in [0.29, 0.717) is 6.04 Å². The predicted octanol–water partition coefficient (Wildman–Crippen LogP) is -6.87. The lowest BCUT2D eigenvalue weighted by Gasteiger charge is -2.51. The zero-order valence-corrected chi connectivity index (χ0v) is 36.1. The molecule has 0 unspecified atom stereocenters. The van der Waals surface area contributed by atoms with Gasteiger partial charge in [-0.25, -0.2) is 4.79 Å². The third-order valence-electron chi connectivity index (χ3n) is 11.1. The van der Waals surface area contributed by atoms with Crippen LogP contribution in [0.25, 0.3) is 0 Å². The van der Waals surface area contributed by atoms with Crippen LogP contribution in [0.5, 0.6) is 0 Å². The Hall–Kier alpha value is -2.13. The van der Waals surface area contributed by atoms with E-state index in [1.807, 2.05) is 0 Å². The second-order valence-electron chi connectivity index (χ2n) is 17.2. The number of ether oxygens (including phenoxy) is 8. The van der Waals surface area contributed by atoms with Gasteiger partial charge in [0.25, 0.3) is 5.79 Å². The molecule has 0 aliphatic carbocycles. The van der Waals surface area contributed by atoms with Gasteiger partial charge < -0.3 is 110 Å². The van der Waals surface area contributed by atoms with Gasteiger partial charge >= 0.3 is 5.97 Å². The number of hydrogen-bond donors (Lipinski definition) is 14. The van der Waals surface area contributed by atoms with Gasteiger partial charge in [0.2, 0.25) is 11.8 Å². The summed E-state index contributed by atoms with van der Waals surface area (Å²) < 4.78 is 47.4. The Balaban J connectivity index is 1.75. The molecule has 0 radical (unpaired) electrons. The zero-order valence-electron chi connectivity index (χ0n) is 35.1. The van der Waals surface area contributed by atoms with Crippen molar-refractivity contribution in [2.75, 3.05) is 26.4 Å². The number of aliphatic hydroxyl groups excluding tert-OH is 11. The fraction of sp³-hybridized carbons (Fsp3) is 0.917. The molecule has 0 aromatic rings. The van der Waals surface area contributed by atoms with Crippen molar-refractivity contribution in [3.05, 3.63) is 0 Å². The number of carboxylic acids is 1. The molecule has 0 saturated carbocycles. The molecule has 21 atom stereocenters. The first-order valence-corrected chi connectivity index (χ1v) is 23.9. The molecule has 0 spiro atoms. The molecular formula is C36H64N2O23Si. The van der Waals surface area contributed by atoms with E-state index >= 15 is 0 Å². The van der Waals surface area contributed by atoms with Gasteiger partial charge in [-0.15, -0.1) is 0 Å². The van der Waals surface area contributed by atoms with Crippen LogP contribution in [0.1, 0.15) is 27.2 Å². The summed E-state index contributed by atoms with van der Waals surface area (Å²) in [6.45, 7) is 6.92. The van der Waals surface area contributed by atoms with Crippen molar-refractivity contribution in [1.29, 1.82) is 0 Å². The van der Waals surface area contributed by atoms with Crippen LogP contribution < -0.4 is 10.6 Å². The molecule has 25 nitrogen and oxygen atoms in total. The van der Waals surface area contributed by atoms with Crippen LogP contribution in [0.4, 0.5) is 0 Å². The smallest absolute Gasteiger partial charge is 0.364 e. The summed E-state index contributed by atoms with van der Waals surface area (Å²) in [5.74, 6) is -6.54. The summed E-state index contributed by atoms with van der Waals surface area (Å²) in [5, 5.41) is 133. The van der Waals surface area contributed by atoms with Gasteiger partial charge in [0.15, 0.2) is 18.9 Å². The number of aliphatic carboxylic acids is 1. The molecule has 360 valence electrons. The summed E-state index contributed by atoms with van der Waals surface area (Å²) >= 11 is 0. The summed E-state index contributed by atoms with van der Waals surface area (Å²) in [7, 11) is -1.72. The number of carboxylic acid groups (broad SMARTS) is 1. The number of carbonyl (C=O) groups excluding carboxylic acids is 2. The molecule has 2 amide bonds. The zero-order chi connectivity index (χ0) is 46.6. The Bertz CT molecular complexity index is 1480. The normalized spacial score (nSPS) is 42.7. The van der Waals surface area contributed by atoms with Gasteiger partial charge in [-0.1, -0.05) is 19.6 Å². The second kappa shape index (κ2) is 21.9. The minimum Gasteiger partial charge on any atom is -0.477 e. The summed E-state index contributed by atoms with van der Waals surface area (Å²) in [4.78, 5) is 37.7. The fourth-order valence-corrected chi connectivity index (χ4v) is 8.33. The maximum absolute atomic E-state index is 13.0. The molecule has 26 heteroatoms. The molecule has 4 saturated heterocycles. The van der Waals surface area contributed by atoms with Crippen LogP contribution in [0.2, 0.25) is 25.7 Å². The Morgan fingerprint density at radius 3 is 1.85 bits per heavy atom. The van der Waals surface area contributed by atoms with E-state index in [0.717, 1.165) is 13.8 Å². The Labute approximate surface area is 357 Å². The molecule has 4 heterocycles. The maximum atomic E-state index is 13.0. The topological polar surface area (TPSA) is 392 Å². The van der Waals surface area contributed by atoms with Crippen molar-refractivity contribution < 1.29 is 114 Å². The van der Waals surface area contributed by atoms with Gasteiger partial charge in [0, 0.05) is 34.9 Å². The number of nitrogens with one attached hydrogen (secondary N) is 2. The fourth-order valence-electron chi connectivity index (χ4n) is 7.60. The summed E-state index contributed by atoms with van der Waals surface area (Å²) in [6, 6.07) is -2.36. The van der Waals surface area contributed by atoms with Crippen molar-refractivity contribution in [2.45, 2.75) is 181 Å². The molecule has 0 aromatic heterocycles. The van der Waals surface area contributed by atoms with Crippen molar-refractivity contribution in [3.8, 4) is 0 Å². The lowest BCUT2D eigenvalue weighted by Crippen LogP contribution is -2.71. The molecule has 4 fully saturated rings. The highest BCUT2D eigenvalue weighted by molar-refractivity contribution is 6.76. The predicted molar refractivity (Wildman–Crippen MR) is 205 cm³/mol. The summed E-state index contributed by atoms with van der Waals surface area (Å²) in [5.41, 5.74) is 0. The number of rotatable bonds is 18. The van der Waals surface area contributed by atoms with E-state index in [4.69, 9.17) is 37.9 Å².